The minimum Gasteiger partial charge on any atom is -0.288 e. The monoisotopic (exact) mass is 268 g/mol. The molecule has 0 radical (unpaired) electrons. The zero-order valence-corrected chi connectivity index (χ0v) is 9.81. The Bertz CT molecular complexity index is 665. The Morgan fingerprint density at radius 1 is 0.895 bits per heavy atom. The Morgan fingerprint density at radius 2 is 1.53 bits per heavy atom. The van der Waals surface area contributed by atoms with Crippen LogP contribution >= 0.6 is 0 Å². The van der Waals surface area contributed by atoms with Crippen molar-refractivity contribution in [3.8, 4) is 0 Å². The SMILES string of the molecule is Cc1cc(F)ccc1C(=O)c1ccc(F)c(F)c1F. The molecule has 98 valence electrons. The van der Waals surface area contributed by atoms with Crippen molar-refractivity contribution in [1.29, 1.82) is 0 Å². The van der Waals surface area contributed by atoms with Gasteiger partial charge < -0.3 is 0 Å². The first kappa shape index (κ1) is 13.3. The zero-order chi connectivity index (χ0) is 14.2. The molecule has 0 saturated carbocycles. The highest BCUT2D eigenvalue weighted by atomic mass is 19.2. The number of aryl methyl sites for hydroxylation is 1. The van der Waals surface area contributed by atoms with Gasteiger partial charge in [0.15, 0.2) is 23.2 Å². The van der Waals surface area contributed by atoms with Crippen molar-refractivity contribution < 1.29 is 22.4 Å². The lowest BCUT2D eigenvalue weighted by Crippen LogP contribution is -2.09. The maximum Gasteiger partial charge on any atom is 0.196 e. The lowest BCUT2D eigenvalue weighted by Gasteiger charge is -2.07. The molecule has 2 rings (SSSR count). The molecular weight excluding hydrogens is 260 g/mol. The first-order valence-electron chi connectivity index (χ1n) is 5.36. The topological polar surface area (TPSA) is 17.1 Å². The van der Waals surface area contributed by atoms with Crippen LogP contribution in [0, 0.1) is 30.2 Å². The van der Waals surface area contributed by atoms with Crippen molar-refractivity contribution >= 4 is 5.78 Å². The van der Waals surface area contributed by atoms with E-state index in [0.717, 1.165) is 18.2 Å². The summed E-state index contributed by atoms with van der Waals surface area (Å²) in [6.07, 6.45) is 0. The molecule has 0 N–H and O–H groups in total. The third-order valence-electron chi connectivity index (χ3n) is 2.71. The fraction of sp³-hybridized carbons (Fsp3) is 0.0714. The molecule has 0 saturated heterocycles. The number of benzene rings is 2. The fourth-order valence-electron chi connectivity index (χ4n) is 1.73. The van der Waals surface area contributed by atoms with Gasteiger partial charge in [-0.2, -0.15) is 0 Å². The van der Waals surface area contributed by atoms with E-state index < -0.39 is 34.6 Å². The predicted octanol–water partition coefficient (Wildman–Crippen LogP) is 3.78. The molecule has 0 aliphatic heterocycles. The van der Waals surface area contributed by atoms with Crippen LogP contribution in [0.2, 0.25) is 0 Å². The normalized spacial score (nSPS) is 10.6. The van der Waals surface area contributed by atoms with Crippen LogP contribution in [0.1, 0.15) is 21.5 Å². The number of ketones is 1. The van der Waals surface area contributed by atoms with E-state index in [-0.39, 0.29) is 11.1 Å². The number of rotatable bonds is 2. The van der Waals surface area contributed by atoms with Gasteiger partial charge in [-0.1, -0.05) is 0 Å². The van der Waals surface area contributed by atoms with Gasteiger partial charge in [-0.05, 0) is 42.8 Å². The summed E-state index contributed by atoms with van der Waals surface area (Å²) in [6, 6.07) is 4.85. The largest absolute Gasteiger partial charge is 0.288 e. The van der Waals surface area contributed by atoms with E-state index in [4.69, 9.17) is 0 Å². The highest BCUT2D eigenvalue weighted by Crippen LogP contribution is 2.20. The number of carbonyl (C=O) groups is 1. The number of halogens is 4. The van der Waals surface area contributed by atoms with Crippen LogP contribution in [0.5, 0.6) is 0 Å². The van der Waals surface area contributed by atoms with E-state index in [1.165, 1.54) is 13.0 Å². The second kappa shape index (κ2) is 4.84. The molecule has 0 spiro atoms. The number of hydrogen-bond acceptors (Lipinski definition) is 1. The third kappa shape index (κ3) is 2.36. The molecule has 0 bridgehead atoms. The average molecular weight is 268 g/mol. The molecule has 2 aromatic carbocycles. The van der Waals surface area contributed by atoms with E-state index in [1.807, 2.05) is 0 Å². The molecule has 0 aliphatic carbocycles. The molecule has 0 aromatic heterocycles. The van der Waals surface area contributed by atoms with E-state index in [2.05, 4.69) is 0 Å². The zero-order valence-electron chi connectivity index (χ0n) is 9.81. The van der Waals surface area contributed by atoms with E-state index in [9.17, 15) is 22.4 Å². The van der Waals surface area contributed by atoms with Crippen molar-refractivity contribution in [2.24, 2.45) is 0 Å². The maximum absolute atomic E-state index is 13.5. The predicted molar refractivity (Wildman–Crippen MR) is 60.9 cm³/mol. The summed E-state index contributed by atoms with van der Waals surface area (Å²) in [6.45, 7) is 1.47. The molecule has 0 atom stereocenters. The maximum atomic E-state index is 13.5. The van der Waals surface area contributed by atoms with Crippen molar-refractivity contribution in [3.63, 3.8) is 0 Å². The summed E-state index contributed by atoms with van der Waals surface area (Å²) in [7, 11) is 0. The summed E-state index contributed by atoms with van der Waals surface area (Å²) < 4.78 is 52.3. The molecule has 0 fully saturated rings. The molecule has 1 nitrogen and oxygen atoms in total. The van der Waals surface area contributed by atoms with E-state index >= 15 is 0 Å². The van der Waals surface area contributed by atoms with Gasteiger partial charge in [0.2, 0.25) is 0 Å². The highest BCUT2D eigenvalue weighted by molar-refractivity contribution is 6.10. The second-order valence-corrected chi connectivity index (χ2v) is 4.01. The van der Waals surface area contributed by atoms with Gasteiger partial charge in [0, 0.05) is 5.56 Å². The quantitative estimate of drug-likeness (QED) is 0.460. The Kier molecular flexibility index (Phi) is 3.38. The third-order valence-corrected chi connectivity index (χ3v) is 2.71. The van der Waals surface area contributed by atoms with Crippen LogP contribution in [-0.2, 0) is 0 Å². The van der Waals surface area contributed by atoms with Gasteiger partial charge in [-0.25, -0.2) is 17.6 Å². The van der Waals surface area contributed by atoms with Crippen LogP contribution in [0.15, 0.2) is 30.3 Å². The Hall–Kier alpha value is -2.17. The van der Waals surface area contributed by atoms with E-state index in [0.29, 0.717) is 6.07 Å². The van der Waals surface area contributed by atoms with Gasteiger partial charge in [-0.3, -0.25) is 4.79 Å². The Morgan fingerprint density at radius 3 is 2.16 bits per heavy atom. The molecule has 0 aliphatic rings. The summed E-state index contributed by atoms with van der Waals surface area (Å²) in [5.41, 5.74) is -0.269. The molecule has 0 unspecified atom stereocenters. The van der Waals surface area contributed by atoms with Crippen LogP contribution < -0.4 is 0 Å². The molecule has 2 aromatic rings. The van der Waals surface area contributed by atoms with Crippen LogP contribution in [-0.4, -0.2) is 5.78 Å². The minimum absolute atomic E-state index is 0.0336. The summed E-state index contributed by atoms with van der Waals surface area (Å²) in [5.74, 6) is -5.99. The smallest absolute Gasteiger partial charge is 0.196 e. The van der Waals surface area contributed by atoms with Gasteiger partial charge >= 0.3 is 0 Å². The summed E-state index contributed by atoms with van der Waals surface area (Å²) in [5, 5.41) is 0. The molecule has 19 heavy (non-hydrogen) atoms. The Balaban J connectivity index is 2.53. The lowest BCUT2D eigenvalue weighted by molar-refractivity contribution is 0.103. The van der Waals surface area contributed by atoms with Gasteiger partial charge in [0.1, 0.15) is 5.82 Å². The average Bonchev–Trinajstić information content (AvgIpc) is 2.35. The molecule has 0 heterocycles. The molecule has 0 amide bonds. The first-order chi connectivity index (χ1) is 8.91. The van der Waals surface area contributed by atoms with Crippen molar-refractivity contribution in [1.82, 2.24) is 0 Å². The summed E-state index contributed by atoms with van der Waals surface area (Å²) >= 11 is 0. The van der Waals surface area contributed by atoms with Crippen molar-refractivity contribution in [2.75, 3.05) is 0 Å². The Labute approximate surface area is 106 Å². The summed E-state index contributed by atoms with van der Waals surface area (Å²) in [4.78, 5) is 12.0. The highest BCUT2D eigenvalue weighted by Gasteiger charge is 2.21. The molecular formula is C14H8F4O. The van der Waals surface area contributed by atoms with Crippen LogP contribution in [0.3, 0.4) is 0 Å². The standard InChI is InChI=1S/C14H8F4O/c1-7-6-8(15)2-3-9(7)14(19)10-4-5-11(16)13(18)12(10)17/h2-6H,1H3. The van der Waals surface area contributed by atoms with Gasteiger partial charge in [0.05, 0.1) is 5.56 Å². The first-order valence-corrected chi connectivity index (χ1v) is 5.36. The second-order valence-electron chi connectivity index (χ2n) is 4.01. The van der Waals surface area contributed by atoms with Gasteiger partial charge in [-0.15, -0.1) is 0 Å². The van der Waals surface area contributed by atoms with Crippen LogP contribution in [0.25, 0.3) is 0 Å². The van der Waals surface area contributed by atoms with Crippen molar-refractivity contribution in [2.45, 2.75) is 6.92 Å². The lowest BCUT2D eigenvalue weighted by atomic mass is 9.98. The van der Waals surface area contributed by atoms with Crippen molar-refractivity contribution in [3.05, 3.63) is 70.3 Å². The number of carbonyl (C=O) groups excluding carboxylic acids is 1. The number of hydrogen-bond donors (Lipinski definition) is 0. The van der Waals surface area contributed by atoms with Crippen LogP contribution in [0.4, 0.5) is 17.6 Å². The minimum atomic E-state index is -1.70. The molecule has 5 heteroatoms. The van der Waals surface area contributed by atoms with Gasteiger partial charge in [0.25, 0.3) is 0 Å². The van der Waals surface area contributed by atoms with E-state index in [1.54, 1.807) is 0 Å². The fourth-order valence-corrected chi connectivity index (χ4v) is 1.73.